The van der Waals surface area contributed by atoms with E-state index in [2.05, 4.69) is 5.32 Å². The highest BCUT2D eigenvalue weighted by molar-refractivity contribution is 7.99. The maximum absolute atomic E-state index is 13.6. The van der Waals surface area contributed by atoms with Crippen molar-refractivity contribution in [2.75, 3.05) is 5.75 Å². The van der Waals surface area contributed by atoms with Gasteiger partial charge in [-0.1, -0.05) is 54.1 Å². The van der Waals surface area contributed by atoms with Crippen LogP contribution in [0.5, 0.6) is 0 Å². The maximum Gasteiger partial charge on any atom is 0.243 e. The summed E-state index contributed by atoms with van der Waals surface area (Å²) in [6.07, 6.45) is 1.34. The van der Waals surface area contributed by atoms with Gasteiger partial charge < -0.3 is 10.2 Å². The number of carbonyl (C=O) groups is 2. The molecule has 1 N–H and O–H groups in total. The topological polar surface area (TPSA) is 49.4 Å². The van der Waals surface area contributed by atoms with E-state index in [9.17, 15) is 14.0 Å². The molecule has 0 spiro atoms. The molecule has 0 saturated heterocycles. The number of rotatable bonds is 11. The summed E-state index contributed by atoms with van der Waals surface area (Å²) in [6, 6.07) is 22.7. The van der Waals surface area contributed by atoms with Gasteiger partial charge in [-0.2, -0.15) is 0 Å². The molecular formula is C30H34ClFN2O2S. The van der Waals surface area contributed by atoms with Crippen molar-refractivity contribution in [2.45, 2.75) is 63.1 Å². The molecule has 4 nitrogen and oxygen atoms in total. The quantitative estimate of drug-likeness (QED) is 0.212. The van der Waals surface area contributed by atoms with Gasteiger partial charge in [0.25, 0.3) is 0 Å². The lowest BCUT2D eigenvalue weighted by molar-refractivity contribution is -0.142. The van der Waals surface area contributed by atoms with Crippen LogP contribution < -0.4 is 5.32 Å². The van der Waals surface area contributed by atoms with E-state index in [0.29, 0.717) is 24.3 Å². The Bertz CT molecular complexity index is 1150. The Balaban J connectivity index is 1.80. The summed E-state index contributed by atoms with van der Waals surface area (Å²) in [4.78, 5) is 29.9. The lowest BCUT2D eigenvalue weighted by Gasteiger charge is -2.34. The molecule has 0 heterocycles. The Labute approximate surface area is 228 Å². The SMILES string of the molecule is CC(C)(C)NC(=O)[C@H](Cc1ccccc1)N(Cc1ccc(F)cc1)C(=O)CCCSc1ccc(Cl)cc1. The number of carbonyl (C=O) groups excluding carboxylic acids is 2. The van der Waals surface area contributed by atoms with Crippen molar-refractivity contribution < 1.29 is 14.0 Å². The fourth-order valence-corrected chi connectivity index (χ4v) is 4.86. The summed E-state index contributed by atoms with van der Waals surface area (Å²) in [5.41, 5.74) is 1.28. The molecule has 3 aromatic carbocycles. The van der Waals surface area contributed by atoms with E-state index in [4.69, 9.17) is 11.6 Å². The van der Waals surface area contributed by atoms with Gasteiger partial charge in [-0.25, -0.2) is 4.39 Å². The van der Waals surface area contributed by atoms with Crippen LogP contribution in [0.25, 0.3) is 0 Å². The number of thioether (sulfide) groups is 1. The number of hydrogen-bond acceptors (Lipinski definition) is 3. The van der Waals surface area contributed by atoms with Crippen LogP contribution in [-0.4, -0.2) is 34.0 Å². The van der Waals surface area contributed by atoms with Crippen LogP contribution in [0.15, 0.2) is 83.8 Å². The second-order valence-electron chi connectivity index (χ2n) is 10.00. The van der Waals surface area contributed by atoms with Gasteiger partial charge in [-0.05, 0) is 80.5 Å². The highest BCUT2D eigenvalue weighted by atomic mass is 35.5. The Morgan fingerprint density at radius 2 is 1.59 bits per heavy atom. The van der Waals surface area contributed by atoms with Gasteiger partial charge in [0, 0.05) is 34.8 Å². The largest absolute Gasteiger partial charge is 0.350 e. The molecule has 196 valence electrons. The molecule has 0 aliphatic rings. The first-order chi connectivity index (χ1) is 17.6. The van der Waals surface area contributed by atoms with E-state index >= 15 is 0 Å². The first kappa shape index (κ1) is 28.7. The Kier molecular flexibility index (Phi) is 10.6. The van der Waals surface area contributed by atoms with Crippen molar-refractivity contribution in [1.82, 2.24) is 10.2 Å². The zero-order valence-electron chi connectivity index (χ0n) is 21.5. The molecule has 0 aliphatic carbocycles. The van der Waals surface area contributed by atoms with E-state index in [0.717, 1.165) is 21.8 Å². The number of hydrogen-bond donors (Lipinski definition) is 1. The van der Waals surface area contributed by atoms with Gasteiger partial charge in [0.15, 0.2) is 0 Å². The molecule has 3 rings (SSSR count). The van der Waals surface area contributed by atoms with Gasteiger partial charge >= 0.3 is 0 Å². The summed E-state index contributed by atoms with van der Waals surface area (Å²) in [7, 11) is 0. The third kappa shape index (κ3) is 9.86. The molecule has 0 bridgehead atoms. The average molecular weight is 541 g/mol. The molecule has 1 atom stereocenters. The molecule has 0 radical (unpaired) electrons. The number of nitrogens with zero attached hydrogens (tertiary/aromatic N) is 1. The molecule has 0 fully saturated rings. The van der Waals surface area contributed by atoms with Crippen LogP contribution in [0.1, 0.15) is 44.7 Å². The van der Waals surface area contributed by atoms with Crippen LogP contribution in [0.3, 0.4) is 0 Å². The van der Waals surface area contributed by atoms with Crippen molar-refractivity contribution in [1.29, 1.82) is 0 Å². The van der Waals surface area contributed by atoms with E-state index in [1.807, 2.05) is 75.4 Å². The molecular weight excluding hydrogens is 507 g/mol. The average Bonchev–Trinajstić information content (AvgIpc) is 2.85. The standard InChI is InChI=1S/C30H34ClFN2O2S/c1-30(2,3)33-29(36)27(20-22-8-5-4-6-9-22)34(21-23-11-15-25(32)16-12-23)28(35)10-7-19-37-26-17-13-24(31)14-18-26/h4-6,8-9,11-18,27H,7,10,19-21H2,1-3H3,(H,33,36)/t27-/m0/s1. The van der Waals surface area contributed by atoms with E-state index < -0.39 is 11.6 Å². The van der Waals surface area contributed by atoms with E-state index in [-0.39, 0.29) is 24.2 Å². The molecule has 0 saturated carbocycles. The number of halogens is 2. The van der Waals surface area contributed by atoms with Crippen LogP contribution in [-0.2, 0) is 22.6 Å². The Morgan fingerprint density at radius 3 is 2.22 bits per heavy atom. The zero-order valence-corrected chi connectivity index (χ0v) is 23.1. The maximum atomic E-state index is 13.6. The van der Waals surface area contributed by atoms with Crippen molar-refractivity contribution in [3.63, 3.8) is 0 Å². The minimum atomic E-state index is -0.705. The Hall–Kier alpha value is -2.83. The third-order valence-corrected chi connectivity index (χ3v) is 7.00. The number of nitrogens with one attached hydrogen (secondary N) is 1. The summed E-state index contributed by atoms with van der Waals surface area (Å²) in [6.45, 7) is 5.98. The lowest BCUT2D eigenvalue weighted by atomic mass is 10.00. The summed E-state index contributed by atoms with van der Waals surface area (Å²) in [5, 5.41) is 3.74. The molecule has 7 heteroatoms. The van der Waals surface area contributed by atoms with Crippen molar-refractivity contribution in [3.05, 3.63) is 101 Å². The summed E-state index contributed by atoms with van der Waals surface area (Å²) in [5.74, 6) is 0.107. The van der Waals surface area contributed by atoms with Crippen LogP contribution in [0.4, 0.5) is 4.39 Å². The lowest BCUT2D eigenvalue weighted by Crippen LogP contribution is -2.54. The monoisotopic (exact) mass is 540 g/mol. The van der Waals surface area contributed by atoms with Gasteiger partial charge in [-0.15, -0.1) is 11.8 Å². The molecule has 0 unspecified atom stereocenters. The zero-order chi connectivity index (χ0) is 26.8. The molecule has 37 heavy (non-hydrogen) atoms. The van der Waals surface area contributed by atoms with Crippen molar-refractivity contribution in [2.24, 2.45) is 0 Å². The van der Waals surface area contributed by atoms with E-state index in [1.165, 1.54) is 12.1 Å². The van der Waals surface area contributed by atoms with Crippen molar-refractivity contribution in [3.8, 4) is 0 Å². The highest BCUT2D eigenvalue weighted by Crippen LogP contribution is 2.23. The van der Waals surface area contributed by atoms with Crippen LogP contribution >= 0.6 is 23.4 Å². The summed E-state index contributed by atoms with van der Waals surface area (Å²) < 4.78 is 13.6. The van der Waals surface area contributed by atoms with Gasteiger partial charge in [-0.3, -0.25) is 9.59 Å². The van der Waals surface area contributed by atoms with E-state index in [1.54, 1.807) is 28.8 Å². The van der Waals surface area contributed by atoms with Crippen molar-refractivity contribution >= 4 is 35.2 Å². The highest BCUT2D eigenvalue weighted by Gasteiger charge is 2.32. The van der Waals surface area contributed by atoms with Crippen LogP contribution in [0, 0.1) is 5.82 Å². The minimum absolute atomic E-state index is 0.106. The molecule has 0 aromatic heterocycles. The van der Waals surface area contributed by atoms with Gasteiger partial charge in [0.1, 0.15) is 11.9 Å². The summed E-state index contributed by atoms with van der Waals surface area (Å²) >= 11 is 7.63. The number of benzene rings is 3. The smallest absolute Gasteiger partial charge is 0.243 e. The molecule has 2 amide bonds. The predicted molar refractivity (Wildman–Crippen MR) is 150 cm³/mol. The van der Waals surface area contributed by atoms with Gasteiger partial charge in [0.2, 0.25) is 11.8 Å². The molecule has 3 aromatic rings. The van der Waals surface area contributed by atoms with Gasteiger partial charge in [0.05, 0.1) is 0 Å². The predicted octanol–water partition coefficient (Wildman–Crippen LogP) is 6.91. The second-order valence-corrected chi connectivity index (χ2v) is 11.6. The first-order valence-electron chi connectivity index (χ1n) is 12.4. The first-order valence-corrected chi connectivity index (χ1v) is 13.8. The molecule has 0 aliphatic heterocycles. The fourth-order valence-electron chi connectivity index (χ4n) is 3.88. The normalized spacial score (nSPS) is 12.1. The van der Waals surface area contributed by atoms with Crippen LogP contribution in [0.2, 0.25) is 5.02 Å². The third-order valence-electron chi connectivity index (χ3n) is 5.65. The fraction of sp³-hybridized carbons (Fsp3) is 0.333. The Morgan fingerprint density at radius 1 is 0.946 bits per heavy atom. The second kappa shape index (κ2) is 13.6. The minimum Gasteiger partial charge on any atom is -0.350 e. The number of amides is 2.